The van der Waals surface area contributed by atoms with E-state index in [-0.39, 0.29) is 6.10 Å². The molecule has 1 aromatic rings. The van der Waals surface area contributed by atoms with Crippen LogP contribution in [0.15, 0.2) is 18.2 Å². The van der Waals surface area contributed by atoms with E-state index in [9.17, 15) is 0 Å². The van der Waals surface area contributed by atoms with E-state index in [4.69, 9.17) is 21.6 Å². The van der Waals surface area contributed by atoms with Crippen LogP contribution in [0.25, 0.3) is 0 Å². The van der Waals surface area contributed by atoms with Crippen LogP contribution in [0, 0.1) is 22.7 Å². The van der Waals surface area contributed by atoms with Crippen molar-refractivity contribution < 1.29 is 4.74 Å². The summed E-state index contributed by atoms with van der Waals surface area (Å²) >= 11 is 6.03. The molecule has 0 bridgehead atoms. The minimum Gasteiger partial charge on any atom is -0.489 e. The highest BCUT2D eigenvalue weighted by Crippen LogP contribution is 2.40. The third-order valence-electron chi connectivity index (χ3n) is 3.73. The average molecular weight is 278 g/mol. The van der Waals surface area contributed by atoms with E-state index in [1.54, 1.807) is 6.07 Å². The number of halogens is 1. The SMILES string of the molecule is CC1CC(Oc2cccc(Cl)c2C#N)CC(C)(C)C1. The summed E-state index contributed by atoms with van der Waals surface area (Å²) in [5.41, 5.74) is 0.744. The Bertz CT molecular complexity index is 504. The smallest absolute Gasteiger partial charge is 0.139 e. The lowest BCUT2D eigenvalue weighted by molar-refractivity contribution is 0.0561. The second-order valence-electron chi connectivity index (χ2n) is 6.38. The van der Waals surface area contributed by atoms with Crippen molar-refractivity contribution >= 4 is 11.6 Å². The quantitative estimate of drug-likeness (QED) is 0.777. The zero-order valence-corrected chi connectivity index (χ0v) is 12.5. The molecule has 1 saturated carbocycles. The second kappa shape index (κ2) is 5.43. The molecule has 1 aliphatic carbocycles. The molecule has 2 rings (SSSR count). The maximum Gasteiger partial charge on any atom is 0.139 e. The Balaban J connectivity index is 2.18. The first kappa shape index (κ1) is 14.2. The van der Waals surface area contributed by atoms with Crippen molar-refractivity contribution in [2.45, 2.75) is 46.1 Å². The first-order valence-electron chi connectivity index (χ1n) is 6.76. The largest absolute Gasteiger partial charge is 0.489 e. The Morgan fingerprint density at radius 2 is 2.11 bits per heavy atom. The molecule has 0 aromatic heterocycles. The molecule has 102 valence electrons. The molecule has 19 heavy (non-hydrogen) atoms. The summed E-state index contributed by atoms with van der Waals surface area (Å²) in [5.74, 6) is 1.27. The molecule has 2 unspecified atom stereocenters. The van der Waals surface area contributed by atoms with E-state index in [0.29, 0.717) is 27.7 Å². The number of nitriles is 1. The van der Waals surface area contributed by atoms with E-state index in [2.05, 4.69) is 26.8 Å². The molecule has 0 heterocycles. The monoisotopic (exact) mass is 277 g/mol. The summed E-state index contributed by atoms with van der Waals surface area (Å²) in [6.07, 6.45) is 3.47. The van der Waals surface area contributed by atoms with Gasteiger partial charge >= 0.3 is 0 Å². The van der Waals surface area contributed by atoms with Gasteiger partial charge in [0, 0.05) is 0 Å². The molecule has 1 aliphatic rings. The normalized spacial score (nSPS) is 25.6. The van der Waals surface area contributed by atoms with Crippen LogP contribution in [-0.4, -0.2) is 6.10 Å². The summed E-state index contributed by atoms with van der Waals surface area (Å²) < 4.78 is 6.06. The first-order chi connectivity index (χ1) is 8.91. The number of nitrogens with zero attached hydrogens (tertiary/aromatic N) is 1. The highest BCUT2D eigenvalue weighted by molar-refractivity contribution is 6.31. The van der Waals surface area contributed by atoms with Crippen molar-refractivity contribution in [1.29, 1.82) is 5.26 Å². The maximum atomic E-state index is 9.17. The minimum atomic E-state index is 0.171. The number of ether oxygens (including phenoxy) is 1. The van der Waals surface area contributed by atoms with Gasteiger partial charge in [-0.05, 0) is 42.7 Å². The molecule has 3 heteroatoms. The topological polar surface area (TPSA) is 33.0 Å². The molecule has 0 spiro atoms. The van der Waals surface area contributed by atoms with E-state index in [0.717, 1.165) is 12.8 Å². The van der Waals surface area contributed by atoms with Crippen LogP contribution < -0.4 is 4.74 Å². The van der Waals surface area contributed by atoms with Crippen molar-refractivity contribution in [2.24, 2.45) is 11.3 Å². The molecule has 0 amide bonds. The van der Waals surface area contributed by atoms with Crippen molar-refractivity contribution in [1.82, 2.24) is 0 Å². The van der Waals surface area contributed by atoms with Crippen molar-refractivity contribution in [3.63, 3.8) is 0 Å². The molecule has 1 fully saturated rings. The van der Waals surface area contributed by atoms with E-state index < -0.39 is 0 Å². The Hall–Kier alpha value is -1.20. The van der Waals surface area contributed by atoms with Crippen LogP contribution in [-0.2, 0) is 0 Å². The molecule has 0 saturated heterocycles. The van der Waals surface area contributed by atoms with Crippen LogP contribution in [0.3, 0.4) is 0 Å². The zero-order valence-electron chi connectivity index (χ0n) is 11.7. The Morgan fingerprint density at radius 1 is 1.37 bits per heavy atom. The molecule has 2 atom stereocenters. The van der Waals surface area contributed by atoms with E-state index in [1.165, 1.54) is 6.42 Å². The summed E-state index contributed by atoms with van der Waals surface area (Å²) in [5, 5.41) is 9.63. The number of hydrogen-bond donors (Lipinski definition) is 0. The Labute approximate surface area is 120 Å². The van der Waals surface area contributed by atoms with Crippen LogP contribution in [0.5, 0.6) is 5.75 Å². The lowest BCUT2D eigenvalue weighted by atomic mass is 9.71. The van der Waals surface area contributed by atoms with Crippen molar-refractivity contribution in [2.75, 3.05) is 0 Å². The lowest BCUT2D eigenvalue weighted by Gasteiger charge is -2.38. The van der Waals surface area contributed by atoms with Gasteiger partial charge in [0.1, 0.15) is 17.4 Å². The van der Waals surface area contributed by atoms with Crippen molar-refractivity contribution in [3.05, 3.63) is 28.8 Å². The maximum absolute atomic E-state index is 9.17. The van der Waals surface area contributed by atoms with E-state index in [1.807, 2.05) is 12.1 Å². The molecular weight excluding hydrogens is 258 g/mol. The molecule has 0 radical (unpaired) electrons. The summed E-state index contributed by atoms with van der Waals surface area (Å²) in [7, 11) is 0. The second-order valence-corrected chi connectivity index (χ2v) is 6.79. The van der Waals surface area contributed by atoms with Gasteiger partial charge in [-0.3, -0.25) is 0 Å². The highest BCUT2D eigenvalue weighted by atomic mass is 35.5. The molecule has 1 aromatic carbocycles. The van der Waals surface area contributed by atoms with Crippen LogP contribution in [0.4, 0.5) is 0 Å². The van der Waals surface area contributed by atoms with Gasteiger partial charge in [0.25, 0.3) is 0 Å². The third kappa shape index (κ3) is 3.42. The van der Waals surface area contributed by atoms with Gasteiger partial charge in [-0.2, -0.15) is 5.26 Å². The standard InChI is InChI=1S/C16H20ClNO/c1-11-7-12(9-16(2,3)8-11)19-15-6-4-5-14(17)13(15)10-18/h4-6,11-12H,7-9H2,1-3H3. The van der Waals surface area contributed by atoms with Gasteiger partial charge in [0.05, 0.1) is 11.1 Å². The summed E-state index contributed by atoms with van der Waals surface area (Å²) in [6.45, 7) is 6.82. The lowest BCUT2D eigenvalue weighted by Crippen LogP contribution is -2.34. The average Bonchev–Trinajstić information content (AvgIpc) is 2.26. The minimum absolute atomic E-state index is 0.171. The fourth-order valence-electron chi connectivity index (χ4n) is 3.24. The van der Waals surface area contributed by atoms with E-state index >= 15 is 0 Å². The zero-order chi connectivity index (χ0) is 14.0. The molecule has 0 aliphatic heterocycles. The van der Waals surface area contributed by atoms with Gasteiger partial charge < -0.3 is 4.74 Å². The fourth-order valence-corrected chi connectivity index (χ4v) is 3.45. The number of benzene rings is 1. The van der Waals surface area contributed by atoms with Crippen LogP contribution in [0.2, 0.25) is 5.02 Å². The van der Waals surface area contributed by atoms with Crippen molar-refractivity contribution in [3.8, 4) is 11.8 Å². The Kier molecular flexibility index (Phi) is 4.06. The van der Waals surface area contributed by atoms with Gasteiger partial charge in [0.15, 0.2) is 0 Å². The fraction of sp³-hybridized carbons (Fsp3) is 0.562. The van der Waals surface area contributed by atoms with Crippen LogP contribution >= 0.6 is 11.6 Å². The number of hydrogen-bond acceptors (Lipinski definition) is 2. The van der Waals surface area contributed by atoms with Gasteiger partial charge in [-0.25, -0.2) is 0 Å². The summed E-state index contributed by atoms with van der Waals surface area (Å²) in [4.78, 5) is 0. The predicted molar refractivity (Wildman–Crippen MR) is 77.4 cm³/mol. The number of rotatable bonds is 2. The Morgan fingerprint density at radius 3 is 2.74 bits per heavy atom. The van der Waals surface area contributed by atoms with Crippen LogP contribution in [0.1, 0.15) is 45.6 Å². The predicted octanol–water partition coefficient (Wildman–Crippen LogP) is 4.81. The van der Waals surface area contributed by atoms with Gasteiger partial charge in [-0.1, -0.05) is 38.4 Å². The highest BCUT2D eigenvalue weighted by Gasteiger charge is 2.33. The molecule has 0 N–H and O–H groups in total. The first-order valence-corrected chi connectivity index (χ1v) is 7.14. The molecule has 2 nitrogen and oxygen atoms in total. The molecular formula is C16H20ClNO. The van der Waals surface area contributed by atoms with Gasteiger partial charge in [0.2, 0.25) is 0 Å². The summed E-state index contributed by atoms with van der Waals surface area (Å²) in [6, 6.07) is 7.51. The third-order valence-corrected chi connectivity index (χ3v) is 4.04. The van der Waals surface area contributed by atoms with Gasteiger partial charge in [-0.15, -0.1) is 0 Å².